The Hall–Kier alpha value is -1.24. The first-order valence-corrected chi connectivity index (χ1v) is 6.46. The van der Waals surface area contributed by atoms with Crippen LogP contribution in [-0.4, -0.2) is 40.6 Å². The normalized spacial score (nSPS) is 25.9. The van der Waals surface area contributed by atoms with Crippen molar-refractivity contribution in [1.29, 1.82) is 0 Å². The van der Waals surface area contributed by atoms with Gasteiger partial charge in [-0.3, -0.25) is 14.4 Å². The van der Waals surface area contributed by atoms with Crippen LogP contribution in [0.5, 0.6) is 0 Å². The third-order valence-corrected chi connectivity index (χ3v) is 4.24. The lowest BCUT2D eigenvalue weighted by Gasteiger charge is -2.37. The summed E-state index contributed by atoms with van der Waals surface area (Å²) >= 11 is 1.07. The number of carboxylic acid groups (broad SMARTS) is 1. The SMILES string of the molecule is O=C1NC(C(=O)NCC2(C(=O)O)CCC2)CS1. The van der Waals surface area contributed by atoms with Crippen LogP contribution in [0.15, 0.2) is 0 Å². The first-order valence-electron chi connectivity index (χ1n) is 5.48. The molecule has 2 amide bonds. The standard InChI is InChI=1S/C10H14N2O4S/c13-7(6-4-17-9(16)12-6)11-5-10(8(14)15)2-1-3-10/h6H,1-5H2,(H,11,13)(H,12,16)(H,14,15). The van der Waals surface area contributed by atoms with Crippen molar-refractivity contribution >= 4 is 28.9 Å². The summed E-state index contributed by atoms with van der Waals surface area (Å²) in [5.41, 5.74) is -0.786. The van der Waals surface area contributed by atoms with Gasteiger partial charge in [-0.15, -0.1) is 0 Å². The van der Waals surface area contributed by atoms with Crippen molar-refractivity contribution in [2.75, 3.05) is 12.3 Å². The molecule has 17 heavy (non-hydrogen) atoms. The number of carbonyl (C=O) groups excluding carboxylic acids is 2. The molecule has 0 aromatic carbocycles. The Morgan fingerprint density at radius 3 is 2.65 bits per heavy atom. The molecule has 94 valence electrons. The van der Waals surface area contributed by atoms with Gasteiger partial charge in [0, 0.05) is 12.3 Å². The van der Waals surface area contributed by atoms with Crippen molar-refractivity contribution < 1.29 is 19.5 Å². The summed E-state index contributed by atoms with van der Waals surface area (Å²) < 4.78 is 0. The molecule has 2 aliphatic rings. The summed E-state index contributed by atoms with van der Waals surface area (Å²) in [4.78, 5) is 33.6. The van der Waals surface area contributed by atoms with Gasteiger partial charge in [-0.2, -0.15) is 0 Å². The molecule has 2 rings (SSSR count). The first-order chi connectivity index (χ1) is 8.03. The Labute approximate surface area is 103 Å². The van der Waals surface area contributed by atoms with Crippen LogP contribution in [0, 0.1) is 5.41 Å². The second-order valence-corrected chi connectivity index (χ2v) is 5.45. The summed E-state index contributed by atoms with van der Waals surface area (Å²) in [6, 6.07) is -0.529. The molecule has 1 atom stereocenters. The molecule has 0 radical (unpaired) electrons. The van der Waals surface area contributed by atoms with Crippen LogP contribution in [0.1, 0.15) is 19.3 Å². The van der Waals surface area contributed by atoms with Gasteiger partial charge >= 0.3 is 5.97 Å². The summed E-state index contributed by atoms with van der Waals surface area (Å²) in [6.07, 6.45) is 2.10. The molecule has 0 aromatic heterocycles. The van der Waals surface area contributed by atoms with Crippen LogP contribution >= 0.6 is 11.8 Å². The number of aliphatic carboxylic acids is 1. The second kappa shape index (κ2) is 4.56. The van der Waals surface area contributed by atoms with Gasteiger partial charge in [-0.05, 0) is 12.8 Å². The van der Waals surface area contributed by atoms with E-state index in [0.717, 1.165) is 18.2 Å². The van der Waals surface area contributed by atoms with E-state index in [9.17, 15) is 14.4 Å². The summed E-state index contributed by atoms with van der Waals surface area (Å²) in [6.45, 7) is 0.151. The van der Waals surface area contributed by atoms with Crippen LogP contribution in [0.4, 0.5) is 4.79 Å². The number of hydrogen-bond acceptors (Lipinski definition) is 4. The van der Waals surface area contributed by atoms with Crippen molar-refractivity contribution in [2.45, 2.75) is 25.3 Å². The summed E-state index contributed by atoms with van der Waals surface area (Å²) in [5, 5.41) is 14.0. The van der Waals surface area contributed by atoms with Crippen molar-refractivity contribution in [3.63, 3.8) is 0 Å². The van der Waals surface area contributed by atoms with Crippen LogP contribution in [0.2, 0.25) is 0 Å². The lowest BCUT2D eigenvalue weighted by molar-refractivity contribution is -0.154. The average molecular weight is 258 g/mol. The zero-order chi connectivity index (χ0) is 12.5. The van der Waals surface area contributed by atoms with Crippen molar-refractivity contribution in [1.82, 2.24) is 10.6 Å². The Balaban J connectivity index is 1.83. The quantitative estimate of drug-likeness (QED) is 0.668. The van der Waals surface area contributed by atoms with E-state index >= 15 is 0 Å². The maximum atomic E-state index is 11.7. The molecule has 6 nitrogen and oxygen atoms in total. The Morgan fingerprint density at radius 1 is 1.53 bits per heavy atom. The van der Waals surface area contributed by atoms with Crippen molar-refractivity contribution in [2.24, 2.45) is 5.41 Å². The average Bonchev–Trinajstić information content (AvgIpc) is 2.62. The van der Waals surface area contributed by atoms with Crippen LogP contribution in [-0.2, 0) is 9.59 Å². The van der Waals surface area contributed by atoms with Gasteiger partial charge in [0.1, 0.15) is 6.04 Å². The molecule has 1 unspecified atom stereocenters. The molecule has 1 saturated carbocycles. The van der Waals surface area contributed by atoms with Gasteiger partial charge < -0.3 is 15.7 Å². The van der Waals surface area contributed by atoms with Gasteiger partial charge in [-0.25, -0.2) is 0 Å². The highest BCUT2D eigenvalue weighted by Gasteiger charge is 2.45. The fourth-order valence-corrected chi connectivity index (χ4v) is 2.75. The van der Waals surface area contributed by atoms with Crippen LogP contribution in [0.3, 0.4) is 0 Å². The van der Waals surface area contributed by atoms with E-state index in [1.165, 1.54) is 0 Å². The van der Waals surface area contributed by atoms with E-state index in [0.29, 0.717) is 18.6 Å². The second-order valence-electron chi connectivity index (χ2n) is 4.45. The molecule has 1 heterocycles. The largest absolute Gasteiger partial charge is 0.481 e. The molecular weight excluding hydrogens is 244 g/mol. The van der Waals surface area contributed by atoms with Gasteiger partial charge in [0.25, 0.3) is 5.24 Å². The summed E-state index contributed by atoms with van der Waals surface area (Å²) in [7, 11) is 0. The maximum Gasteiger partial charge on any atom is 0.311 e. The molecule has 1 aliphatic carbocycles. The van der Waals surface area contributed by atoms with Crippen molar-refractivity contribution in [3.05, 3.63) is 0 Å². The van der Waals surface area contributed by atoms with Crippen LogP contribution < -0.4 is 10.6 Å². The zero-order valence-electron chi connectivity index (χ0n) is 9.19. The Kier molecular flexibility index (Phi) is 3.28. The lowest BCUT2D eigenvalue weighted by atomic mass is 9.69. The highest BCUT2D eigenvalue weighted by atomic mass is 32.2. The lowest BCUT2D eigenvalue weighted by Crippen LogP contribution is -2.51. The van der Waals surface area contributed by atoms with Gasteiger partial charge in [-0.1, -0.05) is 18.2 Å². The third kappa shape index (κ3) is 2.38. The molecule has 2 fully saturated rings. The van der Waals surface area contributed by atoms with Gasteiger partial charge in [0.15, 0.2) is 0 Å². The molecular formula is C10H14N2O4S. The van der Waals surface area contributed by atoms with E-state index in [4.69, 9.17) is 5.11 Å². The highest BCUT2D eigenvalue weighted by molar-refractivity contribution is 8.14. The van der Waals surface area contributed by atoms with E-state index in [-0.39, 0.29) is 17.7 Å². The summed E-state index contributed by atoms with van der Waals surface area (Å²) in [5.74, 6) is -0.741. The number of carboxylic acids is 1. The number of thioether (sulfide) groups is 1. The third-order valence-electron chi connectivity index (χ3n) is 3.36. The Bertz CT molecular complexity index is 367. The minimum absolute atomic E-state index is 0.151. The molecule has 3 N–H and O–H groups in total. The fraction of sp³-hybridized carbons (Fsp3) is 0.700. The molecule has 0 spiro atoms. The molecule has 0 aromatic rings. The maximum absolute atomic E-state index is 11.7. The first kappa shape index (κ1) is 12.2. The molecule has 7 heteroatoms. The van der Waals surface area contributed by atoms with Crippen molar-refractivity contribution in [3.8, 4) is 0 Å². The Morgan fingerprint density at radius 2 is 2.24 bits per heavy atom. The van der Waals surface area contributed by atoms with Crippen LogP contribution in [0.25, 0.3) is 0 Å². The predicted molar refractivity (Wildman–Crippen MR) is 61.7 cm³/mol. The molecule has 0 bridgehead atoms. The van der Waals surface area contributed by atoms with E-state index < -0.39 is 17.4 Å². The van der Waals surface area contributed by atoms with E-state index in [1.807, 2.05) is 0 Å². The number of rotatable bonds is 4. The smallest absolute Gasteiger partial charge is 0.311 e. The van der Waals surface area contributed by atoms with E-state index in [1.54, 1.807) is 0 Å². The van der Waals surface area contributed by atoms with Gasteiger partial charge in [0.2, 0.25) is 5.91 Å². The predicted octanol–water partition coefficient (Wildman–Crippen LogP) is 0.182. The number of hydrogen-bond donors (Lipinski definition) is 3. The zero-order valence-corrected chi connectivity index (χ0v) is 10.0. The number of carbonyl (C=O) groups is 3. The molecule has 1 saturated heterocycles. The number of amides is 2. The van der Waals surface area contributed by atoms with Gasteiger partial charge in [0.05, 0.1) is 5.41 Å². The molecule has 1 aliphatic heterocycles. The minimum atomic E-state index is -0.853. The minimum Gasteiger partial charge on any atom is -0.481 e. The fourth-order valence-electron chi connectivity index (χ4n) is 1.98. The topological polar surface area (TPSA) is 95.5 Å². The van der Waals surface area contributed by atoms with E-state index in [2.05, 4.69) is 10.6 Å². The monoisotopic (exact) mass is 258 g/mol. The number of nitrogens with one attached hydrogen (secondary N) is 2. The highest BCUT2D eigenvalue weighted by Crippen LogP contribution is 2.40.